The summed E-state index contributed by atoms with van der Waals surface area (Å²) in [5.74, 6) is -0.838. The van der Waals surface area contributed by atoms with Gasteiger partial charge in [0.05, 0.1) is 0 Å². The van der Waals surface area contributed by atoms with Crippen molar-refractivity contribution in [3.05, 3.63) is 48.6 Å². The minimum absolute atomic E-state index is 0.0663. The van der Waals surface area contributed by atoms with Crippen LogP contribution in [0.1, 0.15) is 400 Å². The fourth-order valence-electron chi connectivity index (χ4n) is 11.1. The highest BCUT2D eigenvalue weighted by Gasteiger charge is 2.19. The van der Waals surface area contributed by atoms with Gasteiger partial charge in [0.2, 0.25) is 0 Å². The summed E-state index contributed by atoms with van der Waals surface area (Å²) in [6, 6.07) is 0. The number of allylic oxidation sites excluding steroid dienone is 8. The Kier molecular flexibility index (Phi) is 68.6. The lowest BCUT2D eigenvalue weighted by Gasteiger charge is -2.18. The van der Waals surface area contributed by atoms with E-state index in [1.807, 2.05) is 0 Å². The second-order valence-corrected chi connectivity index (χ2v) is 24.8. The average molecular weight is 1150 g/mol. The van der Waals surface area contributed by atoms with E-state index in [1.54, 1.807) is 0 Å². The standard InChI is InChI=1S/C76H140O6/c1-4-7-10-13-16-19-22-24-26-28-30-32-34-36-38-40-41-43-45-47-49-51-54-57-60-63-66-69-75(78)81-72-73(71-80-74(77)68-65-62-59-56-53-21-18-15-12-9-6-3)82-76(79)70-67-64-61-58-55-52-50-48-46-44-42-39-37-35-33-31-29-27-25-23-20-17-14-11-8-5-2/h7,10,16,19,24,26,30,32,73H,4-6,8-9,11-15,17-18,20-23,25,27-29,31,33-72H2,1-3H3/b10-7-,19-16-,26-24-,32-30-. The van der Waals surface area contributed by atoms with Gasteiger partial charge in [0.25, 0.3) is 0 Å². The molecule has 0 aromatic rings. The molecule has 0 radical (unpaired) electrons. The number of hydrogen-bond donors (Lipinski definition) is 0. The predicted molar refractivity (Wildman–Crippen MR) is 358 cm³/mol. The zero-order valence-electron chi connectivity index (χ0n) is 55.3. The van der Waals surface area contributed by atoms with E-state index in [0.29, 0.717) is 19.3 Å². The Morgan fingerprint density at radius 2 is 0.476 bits per heavy atom. The number of unbranched alkanes of at least 4 members (excludes halogenated alkanes) is 49. The topological polar surface area (TPSA) is 78.9 Å². The number of carbonyl (C=O) groups is 3. The molecule has 0 heterocycles. The molecule has 0 amide bonds. The number of rotatable bonds is 68. The van der Waals surface area contributed by atoms with Crippen LogP contribution in [0.2, 0.25) is 0 Å². The first-order chi connectivity index (χ1) is 40.5. The smallest absolute Gasteiger partial charge is 0.306 e. The molecule has 6 heteroatoms. The van der Waals surface area contributed by atoms with Gasteiger partial charge in [-0.2, -0.15) is 0 Å². The molecular formula is C76H140O6. The van der Waals surface area contributed by atoms with Crippen molar-refractivity contribution in [3.8, 4) is 0 Å². The lowest BCUT2D eigenvalue weighted by atomic mass is 10.0. The third-order valence-corrected chi connectivity index (χ3v) is 16.6. The van der Waals surface area contributed by atoms with E-state index in [4.69, 9.17) is 14.2 Å². The normalized spacial score (nSPS) is 12.3. The van der Waals surface area contributed by atoms with Crippen LogP contribution in [0.3, 0.4) is 0 Å². The molecule has 0 aromatic heterocycles. The number of ether oxygens (including phenoxy) is 3. The minimum atomic E-state index is -0.770. The molecule has 0 aromatic carbocycles. The number of carbonyl (C=O) groups excluding carboxylic acids is 3. The van der Waals surface area contributed by atoms with Crippen molar-refractivity contribution in [3.63, 3.8) is 0 Å². The van der Waals surface area contributed by atoms with Gasteiger partial charge in [-0.1, -0.05) is 371 Å². The van der Waals surface area contributed by atoms with Crippen molar-refractivity contribution in [2.24, 2.45) is 0 Å². The maximum atomic E-state index is 13.0. The van der Waals surface area contributed by atoms with Crippen LogP contribution >= 0.6 is 0 Å². The summed E-state index contributed by atoms with van der Waals surface area (Å²) in [4.78, 5) is 38.4. The first-order valence-corrected chi connectivity index (χ1v) is 36.6. The third kappa shape index (κ3) is 68.2. The lowest BCUT2D eigenvalue weighted by Crippen LogP contribution is -2.30. The molecule has 0 spiro atoms. The molecule has 0 N–H and O–H groups in total. The number of esters is 3. The Morgan fingerprint density at radius 1 is 0.256 bits per heavy atom. The van der Waals surface area contributed by atoms with Crippen molar-refractivity contribution < 1.29 is 28.6 Å². The van der Waals surface area contributed by atoms with Gasteiger partial charge in [-0.05, 0) is 57.8 Å². The molecule has 0 rings (SSSR count). The van der Waals surface area contributed by atoms with Gasteiger partial charge in [0.1, 0.15) is 13.2 Å². The summed E-state index contributed by atoms with van der Waals surface area (Å²) >= 11 is 0. The number of hydrogen-bond acceptors (Lipinski definition) is 6. The van der Waals surface area contributed by atoms with Gasteiger partial charge in [-0.3, -0.25) is 14.4 Å². The summed E-state index contributed by atoms with van der Waals surface area (Å²) in [5.41, 5.74) is 0. The summed E-state index contributed by atoms with van der Waals surface area (Å²) in [6.45, 7) is 6.60. The van der Waals surface area contributed by atoms with Crippen molar-refractivity contribution >= 4 is 17.9 Å². The Labute approximate surface area is 511 Å². The molecule has 0 bridgehead atoms. The van der Waals surface area contributed by atoms with Crippen LogP contribution < -0.4 is 0 Å². The van der Waals surface area contributed by atoms with Crippen LogP contribution in [0, 0.1) is 0 Å². The molecule has 1 unspecified atom stereocenters. The average Bonchev–Trinajstić information content (AvgIpc) is 3.48. The van der Waals surface area contributed by atoms with Gasteiger partial charge >= 0.3 is 17.9 Å². The monoisotopic (exact) mass is 1150 g/mol. The molecular weight excluding hydrogens is 1010 g/mol. The van der Waals surface area contributed by atoms with Crippen LogP contribution in [0.4, 0.5) is 0 Å². The summed E-state index contributed by atoms with van der Waals surface area (Å²) in [6.07, 6.45) is 90.2. The molecule has 480 valence electrons. The largest absolute Gasteiger partial charge is 0.462 e. The predicted octanol–water partition coefficient (Wildman–Crippen LogP) is 25.3. The Bertz CT molecular complexity index is 1410. The maximum absolute atomic E-state index is 13.0. The first kappa shape index (κ1) is 79.4. The van der Waals surface area contributed by atoms with Crippen molar-refractivity contribution in [1.29, 1.82) is 0 Å². The van der Waals surface area contributed by atoms with Crippen LogP contribution in [0.5, 0.6) is 0 Å². The van der Waals surface area contributed by atoms with E-state index in [9.17, 15) is 14.4 Å². The van der Waals surface area contributed by atoms with Gasteiger partial charge in [0.15, 0.2) is 6.10 Å². The highest BCUT2D eigenvalue weighted by molar-refractivity contribution is 5.71. The van der Waals surface area contributed by atoms with E-state index in [0.717, 1.165) is 83.5 Å². The lowest BCUT2D eigenvalue weighted by molar-refractivity contribution is -0.167. The van der Waals surface area contributed by atoms with E-state index >= 15 is 0 Å². The van der Waals surface area contributed by atoms with Crippen LogP contribution in [-0.4, -0.2) is 37.2 Å². The SMILES string of the molecule is CC/C=C\C/C=C\C/C=C\C/C=C\CCCCCCCCCCCCCCCCC(=O)OCC(COC(=O)CCCCCCCCCCCCC)OC(=O)CCCCCCCCCCCCCCCCCCCCCCCCCCCC. The van der Waals surface area contributed by atoms with Gasteiger partial charge in [0, 0.05) is 19.3 Å². The molecule has 0 saturated carbocycles. The fourth-order valence-corrected chi connectivity index (χ4v) is 11.1. The highest BCUT2D eigenvalue weighted by atomic mass is 16.6. The van der Waals surface area contributed by atoms with Crippen molar-refractivity contribution in [1.82, 2.24) is 0 Å². The molecule has 82 heavy (non-hydrogen) atoms. The van der Waals surface area contributed by atoms with E-state index in [2.05, 4.69) is 69.4 Å². The Morgan fingerprint density at radius 3 is 0.744 bits per heavy atom. The Hall–Kier alpha value is -2.63. The zero-order chi connectivity index (χ0) is 59.2. The van der Waals surface area contributed by atoms with Gasteiger partial charge in [-0.15, -0.1) is 0 Å². The maximum Gasteiger partial charge on any atom is 0.306 e. The highest BCUT2D eigenvalue weighted by Crippen LogP contribution is 2.19. The molecule has 0 fully saturated rings. The molecule has 0 aliphatic carbocycles. The third-order valence-electron chi connectivity index (χ3n) is 16.6. The second-order valence-electron chi connectivity index (χ2n) is 24.8. The van der Waals surface area contributed by atoms with Crippen molar-refractivity contribution in [2.75, 3.05) is 13.2 Å². The molecule has 0 saturated heterocycles. The zero-order valence-corrected chi connectivity index (χ0v) is 55.3. The molecule has 0 aliphatic rings. The molecule has 6 nitrogen and oxygen atoms in total. The first-order valence-electron chi connectivity index (χ1n) is 36.6. The summed E-state index contributed by atoms with van der Waals surface area (Å²) in [5, 5.41) is 0. The minimum Gasteiger partial charge on any atom is -0.462 e. The van der Waals surface area contributed by atoms with Crippen LogP contribution in [0.25, 0.3) is 0 Å². The Balaban J connectivity index is 4.15. The van der Waals surface area contributed by atoms with Crippen LogP contribution in [-0.2, 0) is 28.6 Å². The van der Waals surface area contributed by atoms with Gasteiger partial charge in [-0.25, -0.2) is 0 Å². The van der Waals surface area contributed by atoms with E-state index in [1.165, 1.54) is 276 Å². The van der Waals surface area contributed by atoms with E-state index in [-0.39, 0.29) is 31.1 Å². The van der Waals surface area contributed by atoms with E-state index < -0.39 is 6.10 Å². The van der Waals surface area contributed by atoms with Gasteiger partial charge < -0.3 is 14.2 Å². The van der Waals surface area contributed by atoms with Crippen LogP contribution in [0.15, 0.2) is 48.6 Å². The summed E-state index contributed by atoms with van der Waals surface area (Å²) < 4.78 is 17.0. The molecule has 0 aliphatic heterocycles. The quantitative estimate of drug-likeness (QED) is 0.0261. The van der Waals surface area contributed by atoms with Crippen molar-refractivity contribution in [2.45, 2.75) is 406 Å². The second kappa shape index (κ2) is 70.9. The summed E-state index contributed by atoms with van der Waals surface area (Å²) in [7, 11) is 0. The fraction of sp³-hybridized carbons (Fsp3) is 0.855. The molecule has 1 atom stereocenters.